The number of benzene rings is 1. The number of nitrogens with zero attached hydrogens (tertiary/aromatic N) is 2. The van der Waals surface area contributed by atoms with Gasteiger partial charge in [-0.05, 0) is 27.6 Å². The number of aromatic nitrogens is 2. The molecule has 0 fully saturated rings. The molecule has 0 aliphatic heterocycles. The standard InChI is InChI=1S/C13H8BrClN2O2/c14-11-9(6-7-18-11)12-16-17-13(19-12)10(15)8-4-2-1-3-5-8/h1-7,10H. The fourth-order valence-corrected chi connectivity index (χ4v) is 2.30. The third kappa shape index (κ3) is 2.43. The van der Waals surface area contributed by atoms with Crippen molar-refractivity contribution < 1.29 is 8.83 Å². The summed E-state index contributed by atoms with van der Waals surface area (Å²) in [5.41, 5.74) is 1.61. The monoisotopic (exact) mass is 338 g/mol. The Morgan fingerprint density at radius 3 is 2.58 bits per heavy atom. The van der Waals surface area contributed by atoms with Gasteiger partial charge in [-0.3, -0.25) is 0 Å². The van der Waals surface area contributed by atoms with Gasteiger partial charge in [-0.2, -0.15) is 0 Å². The van der Waals surface area contributed by atoms with Crippen LogP contribution in [0.15, 0.2) is 56.2 Å². The summed E-state index contributed by atoms with van der Waals surface area (Å²) in [6.07, 6.45) is 1.54. The van der Waals surface area contributed by atoms with Gasteiger partial charge in [-0.1, -0.05) is 30.3 Å². The molecule has 0 radical (unpaired) electrons. The number of furan rings is 1. The van der Waals surface area contributed by atoms with Gasteiger partial charge in [0.2, 0.25) is 5.89 Å². The second-order valence-corrected chi connectivity index (χ2v) is 4.98. The van der Waals surface area contributed by atoms with E-state index in [4.69, 9.17) is 20.4 Å². The largest absolute Gasteiger partial charge is 0.457 e. The Morgan fingerprint density at radius 2 is 1.89 bits per heavy atom. The lowest BCUT2D eigenvalue weighted by atomic mass is 10.1. The van der Waals surface area contributed by atoms with Gasteiger partial charge in [0, 0.05) is 0 Å². The van der Waals surface area contributed by atoms with E-state index in [1.165, 1.54) is 0 Å². The molecule has 6 heteroatoms. The summed E-state index contributed by atoms with van der Waals surface area (Å²) < 4.78 is 11.3. The van der Waals surface area contributed by atoms with Crippen molar-refractivity contribution in [3.05, 3.63) is 58.8 Å². The summed E-state index contributed by atoms with van der Waals surface area (Å²) in [5, 5.41) is 7.49. The van der Waals surface area contributed by atoms with Gasteiger partial charge in [-0.25, -0.2) is 0 Å². The van der Waals surface area contributed by atoms with E-state index in [-0.39, 0.29) is 0 Å². The Morgan fingerprint density at radius 1 is 1.11 bits per heavy atom. The first-order chi connectivity index (χ1) is 9.25. The van der Waals surface area contributed by atoms with Gasteiger partial charge in [0.1, 0.15) is 5.38 Å². The molecule has 2 heterocycles. The van der Waals surface area contributed by atoms with Gasteiger partial charge in [0.15, 0.2) is 4.67 Å². The van der Waals surface area contributed by atoms with Crippen LogP contribution in [0.3, 0.4) is 0 Å². The van der Waals surface area contributed by atoms with E-state index < -0.39 is 5.38 Å². The van der Waals surface area contributed by atoms with Crippen LogP contribution in [-0.4, -0.2) is 10.2 Å². The van der Waals surface area contributed by atoms with Crippen molar-refractivity contribution in [3.8, 4) is 11.5 Å². The Hall–Kier alpha value is -1.59. The Labute approximate surface area is 122 Å². The van der Waals surface area contributed by atoms with Crippen LogP contribution >= 0.6 is 27.5 Å². The average molecular weight is 340 g/mol. The van der Waals surface area contributed by atoms with Crippen LogP contribution in [0, 0.1) is 0 Å². The molecule has 0 aliphatic carbocycles. The molecular formula is C13H8BrClN2O2. The second-order valence-electron chi connectivity index (χ2n) is 3.83. The summed E-state index contributed by atoms with van der Waals surface area (Å²) in [5.74, 6) is 0.730. The molecule has 3 aromatic rings. The maximum absolute atomic E-state index is 6.31. The highest BCUT2D eigenvalue weighted by molar-refractivity contribution is 9.10. The molecule has 0 bridgehead atoms. The zero-order valence-corrected chi connectivity index (χ0v) is 11.9. The molecule has 0 saturated heterocycles. The zero-order chi connectivity index (χ0) is 13.2. The van der Waals surface area contributed by atoms with Crippen LogP contribution in [0.4, 0.5) is 0 Å². The third-order valence-corrected chi connectivity index (χ3v) is 3.65. The van der Waals surface area contributed by atoms with Crippen LogP contribution in [-0.2, 0) is 0 Å². The molecular weight excluding hydrogens is 332 g/mol. The number of halogens is 2. The van der Waals surface area contributed by atoms with Crippen LogP contribution in [0.2, 0.25) is 0 Å². The lowest BCUT2D eigenvalue weighted by Crippen LogP contribution is -1.92. The quantitative estimate of drug-likeness (QED) is 0.663. The topological polar surface area (TPSA) is 52.1 Å². The van der Waals surface area contributed by atoms with Gasteiger partial charge in [0.25, 0.3) is 5.89 Å². The molecule has 0 amide bonds. The minimum absolute atomic E-state index is 0.357. The number of rotatable bonds is 3. The smallest absolute Gasteiger partial charge is 0.252 e. The summed E-state index contributed by atoms with van der Waals surface area (Å²) in [7, 11) is 0. The minimum Gasteiger partial charge on any atom is -0.457 e. The van der Waals surface area contributed by atoms with Crippen molar-refractivity contribution in [1.29, 1.82) is 0 Å². The highest BCUT2D eigenvalue weighted by atomic mass is 79.9. The maximum Gasteiger partial charge on any atom is 0.252 e. The molecule has 96 valence electrons. The van der Waals surface area contributed by atoms with Gasteiger partial charge in [-0.15, -0.1) is 21.8 Å². The normalized spacial score (nSPS) is 12.5. The van der Waals surface area contributed by atoms with E-state index in [1.807, 2.05) is 30.3 Å². The van der Waals surface area contributed by atoms with E-state index in [1.54, 1.807) is 12.3 Å². The van der Waals surface area contributed by atoms with E-state index in [0.717, 1.165) is 5.56 Å². The molecule has 1 atom stereocenters. The molecule has 0 aliphatic rings. The predicted octanol–water partition coefficient (Wildman–Crippen LogP) is 4.42. The third-order valence-electron chi connectivity index (χ3n) is 2.60. The number of hydrogen-bond acceptors (Lipinski definition) is 4. The molecule has 3 rings (SSSR count). The highest BCUT2D eigenvalue weighted by Crippen LogP contribution is 2.32. The van der Waals surface area contributed by atoms with Crippen LogP contribution in [0.1, 0.15) is 16.8 Å². The van der Waals surface area contributed by atoms with Crippen LogP contribution in [0.25, 0.3) is 11.5 Å². The molecule has 19 heavy (non-hydrogen) atoms. The molecule has 2 aromatic heterocycles. The molecule has 1 aromatic carbocycles. The van der Waals surface area contributed by atoms with Crippen molar-refractivity contribution in [2.24, 2.45) is 0 Å². The van der Waals surface area contributed by atoms with Crippen LogP contribution in [0.5, 0.6) is 0 Å². The summed E-state index contributed by atoms with van der Waals surface area (Å²) in [6.45, 7) is 0. The zero-order valence-electron chi connectivity index (χ0n) is 9.59. The van der Waals surface area contributed by atoms with Crippen molar-refractivity contribution in [2.75, 3.05) is 0 Å². The first kappa shape index (κ1) is 12.4. The van der Waals surface area contributed by atoms with Gasteiger partial charge >= 0.3 is 0 Å². The van der Waals surface area contributed by atoms with Gasteiger partial charge in [0.05, 0.1) is 11.8 Å². The van der Waals surface area contributed by atoms with Crippen molar-refractivity contribution >= 4 is 27.5 Å². The SMILES string of the molecule is ClC(c1ccccc1)c1nnc(-c2ccoc2Br)o1. The van der Waals surface area contributed by atoms with E-state index >= 15 is 0 Å². The van der Waals surface area contributed by atoms with E-state index in [2.05, 4.69) is 26.1 Å². The lowest BCUT2D eigenvalue weighted by molar-refractivity contribution is 0.508. The lowest BCUT2D eigenvalue weighted by Gasteiger charge is -2.03. The Balaban J connectivity index is 1.92. The van der Waals surface area contributed by atoms with Crippen molar-refractivity contribution in [2.45, 2.75) is 5.38 Å². The van der Waals surface area contributed by atoms with E-state index in [0.29, 0.717) is 22.0 Å². The number of hydrogen-bond donors (Lipinski definition) is 0. The highest BCUT2D eigenvalue weighted by Gasteiger charge is 2.20. The van der Waals surface area contributed by atoms with Crippen LogP contribution < -0.4 is 0 Å². The fourth-order valence-electron chi connectivity index (χ4n) is 1.66. The molecule has 0 spiro atoms. The first-order valence-corrected chi connectivity index (χ1v) is 6.74. The first-order valence-electron chi connectivity index (χ1n) is 5.51. The Bertz CT molecular complexity index is 681. The average Bonchev–Trinajstić information content (AvgIpc) is 3.07. The summed E-state index contributed by atoms with van der Waals surface area (Å²) >= 11 is 9.58. The Kier molecular flexibility index (Phi) is 3.40. The predicted molar refractivity (Wildman–Crippen MR) is 73.8 cm³/mol. The second kappa shape index (κ2) is 5.19. The molecule has 0 N–H and O–H groups in total. The van der Waals surface area contributed by atoms with Crippen molar-refractivity contribution in [1.82, 2.24) is 10.2 Å². The fraction of sp³-hybridized carbons (Fsp3) is 0.0769. The van der Waals surface area contributed by atoms with Gasteiger partial charge < -0.3 is 8.83 Å². The molecule has 0 saturated carbocycles. The summed E-state index contributed by atoms with van der Waals surface area (Å²) in [6, 6.07) is 11.3. The van der Waals surface area contributed by atoms with Crippen molar-refractivity contribution in [3.63, 3.8) is 0 Å². The molecule has 1 unspecified atom stereocenters. The maximum atomic E-state index is 6.31. The minimum atomic E-state index is -0.465. The van der Waals surface area contributed by atoms with E-state index in [9.17, 15) is 0 Å². The summed E-state index contributed by atoms with van der Waals surface area (Å²) in [4.78, 5) is 0. The molecule has 4 nitrogen and oxygen atoms in total. The number of alkyl halides is 1.